The molecule has 3 rings (SSSR count). The number of nitrogens with one attached hydrogen (secondary N) is 1. The molecule has 1 fully saturated rings. The molecule has 0 aromatic heterocycles. The molecular weight excluding hydrogens is 321 g/mol. The number of hydrogen-bond donors (Lipinski definition) is 1. The Kier molecular flexibility index (Phi) is 2.41. The molecule has 0 radical (unpaired) electrons. The first kappa shape index (κ1) is 10.5. The zero-order valence-corrected chi connectivity index (χ0v) is 10.6. The minimum Gasteiger partial charge on any atom is -0.338 e. The van der Waals surface area contributed by atoms with Crippen molar-refractivity contribution in [2.75, 3.05) is 18.5 Å². The number of anilines is 1. The van der Waals surface area contributed by atoms with Crippen molar-refractivity contribution in [2.45, 2.75) is 12.2 Å². The Morgan fingerprint density at radius 2 is 2.06 bits per heavy atom. The lowest BCUT2D eigenvalue weighted by Gasteiger charge is -2.31. The van der Waals surface area contributed by atoms with Crippen molar-refractivity contribution in [3.05, 3.63) is 27.3 Å². The van der Waals surface area contributed by atoms with Gasteiger partial charge in [-0.1, -0.05) is 0 Å². The molecule has 0 saturated carbocycles. The first-order chi connectivity index (χ1) is 7.72. The van der Waals surface area contributed by atoms with E-state index in [0.29, 0.717) is 13.2 Å². The van der Waals surface area contributed by atoms with E-state index in [4.69, 9.17) is 9.47 Å². The maximum atomic E-state index is 12.0. The van der Waals surface area contributed by atoms with E-state index in [9.17, 15) is 4.79 Å². The number of halogens is 1. The highest BCUT2D eigenvalue weighted by atomic mass is 127. The summed E-state index contributed by atoms with van der Waals surface area (Å²) in [5, 5.41) is 2.79. The highest BCUT2D eigenvalue weighted by molar-refractivity contribution is 14.1. The van der Waals surface area contributed by atoms with Gasteiger partial charge in [0, 0.05) is 9.13 Å². The molecule has 2 aliphatic heterocycles. The van der Waals surface area contributed by atoms with E-state index in [-0.39, 0.29) is 5.91 Å². The number of ether oxygens (including phenoxy) is 2. The third-order valence-electron chi connectivity index (χ3n) is 2.78. The molecule has 1 saturated heterocycles. The molecule has 84 valence electrons. The van der Waals surface area contributed by atoms with E-state index in [0.717, 1.165) is 21.2 Å². The average Bonchev–Trinajstić information content (AvgIpc) is 2.55. The second-order valence-corrected chi connectivity index (χ2v) is 5.06. The van der Waals surface area contributed by atoms with Gasteiger partial charge in [-0.25, -0.2) is 0 Å². The molecule has 1 N–H and O–H groups in total. The van der Waals surface area contributed by atoms with E-state index >= 15 is 0 Å². The van der Waals surface area contributed by atoms with Crippen LogP contribution in [0, 0.1) is 3.57 Å². The number of rotatable bonds is 0. The number of carbonyl (C=O) groups excluding carboxylic acids is 1. The molecule has 2 aliphatic rings. The van der Waals surface area contributed by atoms with Gasteiger partial charge in [-0.05, 0) is 47.2 Å². The van der Waals surface area contributed by atoms with Crippen molar-refractivity contribution in [3.8, 4) is 0 Å². The van der Waals surface area contributed by atoms with Crippen LogP contribution in [-0.2, 0) is 20.1 Å². The van der Waals surface area contributed by atoms with Gasteiger partial charge < -0.3 is 14.8 Å². The van der Waals surface area contributed by atoms with Crippen LogP contribution in [0.4, 0.5) is 5.69 Å². The van der Waals surface area contributed by atoms with Gasteiger partial charge in [0.1, 0.15) is 0 Å². The van der Waals surface area contributed by atoms with Gasteiger partial charge >= 0.3 is 0 Å². The largest absolute Gasteiger partial charge is 0.338 e. The third kappa shape index (κ3) is 1.38. The van der Waals surface area contributed by atoms with Gasteiger partial charge in [-0.3, -0.25) is 4.79 Å². The van der Waals surface area contributed by atoms with Crippen molar-refractivity contribution in [2.24, 2.45) is 0 Å². The Hall–Kier alpha value is -0.660. The van der Waals surface area contributed by atoms with Crippen LogP contribution in [0.5, 0.6) is 0 Å². The fraction of sp³-hybridized carbons (Fsp3) is 0.364. The molecule has 0 atom stereocenters. The zero-order valence-electron chi connectivity index (χ0n) is 8.46. The summed E-state index contributed by atoms with van der Waals surface area (Å²) in [7, 11) is 0. The summed E-state index contributed by atoms with van der Waals surface area (Å²) >= 11 is 2.21. The third-order valence-corrected chi connectivity index (χ3v) is 3.45. The second kappa shape index (κ2) is 3.68. The lowest BCUT2D eigenvalue weighted by Crippen LogP contribution is -2.43. The van der Waals surface area contributed by atoms with Crippen LogP contribution in [0.1, 0.15) is 12.0 Å². The highest BCUT2D eigenvalue weighted by Gasteiger charge is 2.51. The topological polar surface area (TPSA) is 47.6 Å². The summed E-state index contributed by atoms with van der Waals surface area (Å²) in [4.78, 5) is 12.0. The van der Waals surface area contributed by atoms with Gasteiger partial charge in [0.2, 0.25) is 0 Å². The summed E-state index contributed by atoms with van der Waals surface area (Å²) in [5.74, 6) is -1.42. The molecule has 0 aliphatic carbocycles. The van der Waals surface area contributed by atoms with Crippen LogP contribution >= 0.6 is 22.6 Å². The molecule has 0 bridgehead atoms. The molecule has 1 spiro atoms. The van der Waals surface area contributed by atoms with Gasteiger partial charge in [0.15, 0.2) is 0 Å². The number of carbonyl (C=O) groups is 1. The average molecular weight is 331 g/mol. The first-order valence-corrected chi connectivity index (χ1v) is 6.20. The summed E-state index contributed by atoms with van der Waals surface area (Å²) < 4.78 is 12.2. The van der Waals surface area contributed by atoms with E-state index < -0.39 is 5.79 Å². The van der Waals surface area contributed by atoms with Gasteiger partial charge in [0.05, 0.1) is 18.9 Å². The molecular formula is C11H10INO3. The van der Waals surface area contributed by atoms with E-state index in [1.165, 1.54) is 0 Å². The van der Waals surface area contributed by atoms with Gasteiger partial charge in [0.25, 0.3) is 11.7 Å². The second-order valence-electron chi connectivity index (χ2n) is 3.81. The minimum atomic E-state index is -1.20. The lowest BCUT2D eigenvalue weighted by molar-refractivity contribution is -0.255. The molecule has 5 heteroatoms. The molecule has 4 nitrogen and oxygen atoms in total. The van der Waals surface area contributed by atoms with Gasteiger partial charge in [-0.15, -0.1) is 0 Å². The minimum absolute atomic E-state index is 0.218. The summed E-state index contributed by atoms with van der Waals surface area (Å²) in [6, 6.07) is 5.76. The predicted molar refractivity (Wildman–Crippen MR) is 66.0 cm³/mol. The van der Waals surface area contributed by atoms with Crippen molar-refractivity contribution in [3.63, 3.8) is 0 Å². The fourth-order valence-electron chi connectivity index (χ4n) is 2.04. The molecule has 2 heterocycles. The van der Waals surface area contributed by atoms with Crippen LogP contribution < -0.4 is 5.32 Å². The molecule has 1 aromatic carbocycles. The smallest absolute Gasteiger partial charge is 0.289 e. The lowest BCUT2D eigenvalue weighted by atomic mass is 10.1. The Labute approximate surface area is 106 Å². The highest BCUT2D eigenvalue weighted by Crippen LogP contribution is 2.42. The molecule has 1 amide bonds. The number of benzene rings is 1. The van der Waals surface area contributed by atoms with Crippen molar-refractivity contribution >= 4 is 34.2 Å². The van der Waals surface area contributed by atoms with Crippen LogP contribution in [0.2, 0.25) is 0 Å². The molecule has 1 aromatic rings. The van der Waals surface area contributed by atoms with Crippen molar-refractivity contribution in [1.29, 1.82) is 0 Å². The van der Waals surface area contributed by atoms with Crippen LogP contribution in [0.3, 0.4) is 0 Å². The van der Waals surface area contributed by atoms with Crippen LogP contribution in [-0.4, -0.2) is 19.1 Å². The van der Waals surface area contributed by atoms with Crippen molar-refractivity contribution < 1.29 is 14.3 Å². The summed E-state index contributed by atoms with van der Waals surface area (Å²) in [5.41, 5.74) is 1.58. The van der Waals surface area contributed by atoms with Crippen LogP contribution in [0.25, 0.3) is 0 Å². The van der Waals surface area contributed by atoms with Crippen molar-refractivity contribution in [1.82, 2.24) is 0 Å². The number of fused-ring (bicyclic) bond motifs is 2. The monoisotopic (exact) mass is 331 g/mol. The van der Waals surface area contributed by atoms with E-state index in [1.54, 1.807) is 0 Å². The Morgan fingerprint density at radius 1 is 1.31 bits per heavy atom. The Balaban J connectivity index is 2.13. The normalized spacial score (nSPS) is 21.9. The SMILES string of the molecule is O=C1Nc2ccc(I)cc2C12OCCCO2. The molecule has 0 unspecified atom stereocenters. The maximum Gasteiger partial charge on any atom is 0.289 e. The van der Waals surface area contributed by atoms with Crippen LogP contribution in [0.15, 0.2) is 18.2 Å². The predicted octanol–water partition coefficient (Wildman–Crippen LogP) is 1.83. The Morgan fingerprint density at radius 3 is 2.81 bits per heavy atom. The molecule has 16 heavy (non-hydrogen) atoms. The number of amides is 1. The van der Waals surface area contributed by atoms with Gasteiger partial charge in [-0.2, -0.15) is 0 Å². The fourth-order valence-corrected chi connectivity index (χ4v) is 2.53. The maximum absolute atomic E-state index is 12.0. The zero-order chi connectivity index (χ0) is 11.2. The summed E-state index contributed by atoms with van der Waals surface area (Å²) in [6.45, 7) is 1.11. The quantitative estimate of drug-likeness (QED) is 0.738. The van der Waals surface area contributed by atoms with E-state index in [2.05, 4.69) is 27.9 Å². The standard InChI is InChI=1S/C11H10INO3/c12-7-2-3-9-8(6-7)11(10(14)13-9)15-4-1-5-16-11/h2-3,6H,1,4-5H2,(H,13,14). The Bertz CT molecular complexity index is 455. The number of hydrogen-bond acceptors (Lipinski definition) is 3. The van der Waals surface area contributed by atoms with E-state index in [1.807, 2.05) is 18.2 Å². The summed E-state index contributed by atoms with van der Waals surface area (Å²) in [6.07, 6.45) is 0.828. The first-order valence-electron chi connectivity index (χ1n) is 5.12.